The summed E-state index contributed by atoms with van der Waals surface area (Å²) in [5.41, 5.74) is 4.33. The first-order valence-electron chi connectivity index (χ1n) is 11.1. The SMILES string of the molecule is Cc1noc(C)c1-c1ccc(C2(C(=O)N3CCC4(C3)OC(=O)c3ccccc34)CC2)cc1. The summed E-state index contributed by atoms with van der Waals surface area (Å²) in [7, 11) is 0. The molecule has 2 aromatic carbocycles. The Morgan fingerprint density at radius 2 is 1.78 bits per heavy atom. The van der Waals surface area contributed by atoms with Gasteiger partial charge in [-0.25, -0.2) is 4.79 Å². The maximum Gasteiger partial charge on any atom is 0.339 e. The van der Waals surface area contributed by atoms with Crippen molar-refractivity contribution >= 4 is 11.9 Å². The molecule has 1 aliphatic carbocycles. The molecule has 2 fully saturated rings. The second-order valence-corrected chi connectivity index (χ2v) is 9.26. The maximum atomic E-state index is 13.6. The number of likely N-dealkylation sites (tertiary alicyclic amines) is 1. The van der Waals surface area contributed by atoms with Crippen molar-refractivity contribution in [3.63, 3.8) is 0 Å². The predicted octanol–water partition coefficient (Wildman–Crippen LogP) is 4.29. The Hall–Kier alpha value is -3.41. The second-order valence-electron chi connectivity index (χ2n) is 9.26. The van der Waals surface area contributed by atoms with Crippen LogP contribution in [0.25, 0.3) is 11.1 Å². The van der Waals surface area contributed by atoms with Gasteiger partial charge in [-0.15, -0.1) is 0 Å². The zero-order chi connectivity index (χ0) is 22.1. The number of rotatable bonds is 3. The first-order valence-corrected chi connectivity index (χ1v) is 11.1. The molecule has 3 aromatic rings. The lowest BCUT2D eigenvalue weighted by molar-refractivity contribution is -0.134. The number of amides is 1. The van der Waals surface area contributed by atoms with Gasteiger partial charge in [-0.05, 0) is 43.9 Å². The molecule has 1 saturated heterocycles. The van der Waals surface area contributed by atoms with Crippen LogP contribution in [-0.2, 0) is 20.5 Å². The minimum atomic E-state index is -0.702. The second kappa shape index (κ2) is 6.55. The minimum Gasteiger partial charge on any atom is -0.449 e. The third-order valence-electron chi connectivity index (χ3n) is 7.36. The van der Waals surface area contributed by atoms with Gasteiger partial charge in [-0.3, -0.25) is 4.79 Å². The zero-order valence-electron chi connectivity index (χ0n) is 18.2. The van der Waals surface area contributed by atoms with E-state index in [1.54, 1.807) is 6.07 Å². The monoisotopic (exact) mass is 428 g/mol. The summed E-state index contributed by atoms with van der Waals surface area (Å²) >= 11 is 0. The van der Waals surface area contributed by atoms with Gasteiger partial charge < -0.3 is 14.2 Å². The molecule has 1 spiro atoms. The highest BCUT2D eigenvalue weighted by Crippen LogP contribution is 2.52. The Labute approximate surface area is 186 Å². The fourth-order valence-electron chi connectivity index (χ4n) is 5.51. The molecule has 1 amide bonds. The Morgan fingerprint density at radius 3 is 2.47 bits per heavy atom. The molecule has 6 nitrogen and oxygen atoms in total. The van der Waals surface area contributed by atoms with Gasteiger partial charge in [0.1, 0.15) is 5.76 Å². The van der Waals surface area contributed by atoms with Gasteiger partial charge in [0.25, 0.3) is 0 Å². The Morgan fingerprint density at radius 1 is 1.03 bits per heavy atom. The summed E-state index contributed by atoms with van der Waals surface area (Å²) < 4.78 is 11.1. The van der Waals surface area contributed by atoms with Crippen LogP contribution in [-0.4, -0.2) is 35.0 Å². The van der Waals surface area contributed by atoms with Crippen LogP contribution in [0, 0.1) is 13.8 Å². The van der Waals surface area contributed by atoms with Crippen LogP contribution in [0.5, 0.6) is 0 Å². The van der Waals surface area contributed by atoms with Crippen LogP contribution in [0.4, 0.5) is 0 Å². The number of hydrogen-bond donors (Lipinski definition) is 0. The average molecular weight is 428 g/mol. The zero-order valence-corrected chi connectivity index (χ0v) is 18.2. The summed E-state index contributed by atoms with van der Waals surface area (Å²) in [5, 5.41) is 4.04. The number of aryl methyl sites for hydroxylation is 2. The highest BCUT2D eigenvalue weighted by molar-refractivity contribution is 5.96. The molecule has 1 unspecified atom stereocenters. The van der Waals surface area contributed by atoms with E-state index in [-0.39, 0.29) is 11.9 Å². The van der Waals surface area contributed by atoms with Crippen molar-refractivity contribution in [2.75, 3.05) is 13.1 Å². The number of hydrogen-bond acceptors (Lipinski definition) is 5. The fraction of sp³-hybridized carbons (Fsp3) is 0.346. The molecule has 6 rings (SSSR count). The van der Waals surface area contributed by atoms with Crippen molar-refractivity contribution in [3.8, 4) is 11.1 Å². The quantitative estimate of drug-likeness (QED) is 0.582. The summed E-state index contributed by atoms with van der Waals surface area (Å²) in [4.78, 5) is 27.9. The van der Waals surface area contributed by atoms with Crippen LogP contribution in [0.3, 0.4) is 0 Å². The van der Waals surface area contributed by atoms with E-state index in [0.29, 0.717) is 25.1 Å². The van der Waals surface area contributed by atoms with Crippen LogP contribution < -0.4 is 0 Å². The van der Waals surface area contributed by atoms with Crippen LogP contribution in [0.15, 0.2) is 53.1 Å². The van der Waals surface area contributed by atoms with Crippen LogP contribution in [0.2, 0.25) is 0 Å². The lowest BCUT2D eigenvalue weighted by Gasteiger charge is -2.27. The van der Waals surface area contributed by atoms with Gasteiger partial charge in [0.05, 0.1) is 23.2 Å². The summed E-state index contributed by atoms with van der Waals surface area (Å²) in [6.45, 7) is 4.86. The van der Waals surface area contributed by atoms with E-state index in [2.05, 4.69) is 29.4 Å². The minimum absolute atomic E-state index is 0.139. The Balaban J connectivity index is 1.26. The molecule has 1 aromatic heterocycles. The smallest absolute Gasteiger partial charge is 0.339 e. The van der Waals surface area contributed by atoms with Crippen molar-refractivity contribution in [3.05, 3.63) is 76.7 Å². The molecule has 1 saturated carbocycles. The Kier molecular flexibility index (Phi) is 3.95. The van der Waals surface area contributed by atoms with Crippen molar-refractivity contribution in [2.45, 2.75) is 44.1 Å². The molecular formula is C26H24N2O4. The van der Waals surface area contributed by atoms with Crippen molar-refractivity contribution in [2.24, 2.45) is 0 Å². The normalized spacial score (nSPS) is 22.8. The third-order valence-corrected chi connectivity index (χ3v) is 7.36. The third kappa shape index (κ3) is 2.62. The molecule has 162 valence electrons. The van der Waals surface area contributed by atoms with E-state index < -0.39 is 11.0 Å². The fourth-order valence-corrected chi connectivity index (χ4v) is 5.51. The van der Waals surface area contributed by atoms with Crippen molar-refractivity contribution in [1.82, 2.24) is 10.1 Å². The molecule has 1 atom stereocenters. The number of carbonyl (C=O) groups is 2. The topological polar surface area (TPSA) is 72.6 Å². The molecular weight excluding hydrogens is 404 g/mol. The highest BCUT2D eigenvalue weighted by atomic mass is 16.6. The van der Waals surface area contributed by atoms with Gasteiger partial charge in [0, 0.05) is 24.1 Å². The van der Waals surface area contributed by atoms with Crippen LogP contribution in [0.1, 0.15) is 52.2 Å². The number of fused-ring (bicyclic) bond motifs is 2. The molecule has 3 aliphatic rings. The molecule has 2 aliphatic heterocycles. The lowest BCUT2D eigenvalue weighted by atomic mass is 9.91. The first-order chi connectivity index (χ1) is 15.4. The number of ether oxygens (including phenoxy) is 1. The van der Waals surface area contributed by atoms with E-state index in [1.165, 1.54) is 0 Å². The molecule has 0 radical (unpaired) electrons. The van der Waals surface area contributed by atoms with Gasteiger partial charge >= 0.3 is 5.97 Å². The number of benzene rings is 2. The highest BCUT2D eigenvalue weighted by Gasteiger charge is 2.57. The maximum absolute atomic E-state index is 13.6. The number of nitrogens with zero attached hydrogens (tertiary/aromatic N) is 2. The average Bonchev–Trinajstić information content (AvgIpc) is 3.29. The summed E-state index contributed by atoms with van der Waals surface area (Å²) in [6, 6.07) is 15.8. The molecule has 6 heteroatoms. The predicted molar refractivity (Wildman–Crippen MR) is 117 cm³/mol. The van der Waals surface area contributed by atoms with E-state index >= 15 is 0 Å². The number of carbonyl (C=O) groups excluding carboxylic acids is 2. The standard InChI is InChI=1S/C26H24N2O4/c1-16-22(17(2)32-27-16)18-7-9-19(10-8-18)25(11-12-25)24(30)28-14-13-26(15-28)21-6-4-3-5-20(21)23(29)31-26/h3-10H,11-15H2,1-2H3. The van der Waals surface area contributed by atoms with Crippen molar-refractivity contribution < 1.29 is 18.8 Å². The number of esters is 1. The molecule has 3 heterocycles. The van der Waals surface area contributed by atoms with Crippen LogP contribution >= 0.6 is 0 Å². The lowest BCUT2D eigenvalue weighted by Crippen LogP contribution is -2.40. The summed E-state index contributed by atoms with van der Waals surface area (Å²) in [5.74, 6) is 0.645. The van der Waals surface area contributed by atoms with E-state index in [9.17, 15) is 9.59 Å². The molecule has 32 heavy (non-hydrogen) atoms. The molecule has 0 bridgehead atoms. The molecule has 0 N–H and O–H groups in total. The van der Waals surface area contributed by atoms with Gasteiger partial charge in [0.2, 0.25) is 5.91 Å². The van der Waals surface area contributed by atoms with E-state index in [4.69, 9.17) is 9.26 Å². The van der Waals surface area contributed by atoms with Crippen molar-refractivity contribution in [1.29, 1.82) is 0 Å². The summed E-state index contributed by atoms with van der Waals surface area (Å²) in [6.07, 6.45) is 2.33. The van der Waals surface area contributed by atoms with Gasteiger partial charge in [-0.1, -0.05) is 47.6 Å². The van der Waals surface area contributed by atoms with E-state index in [0.717, 1.165) is 46.5 Å². The van der Waals surface area contributed by atoms with Gasteiger partial charge in [0.15, 0.2) is 5.60 Å². The number of aromatic nitrogens is 1. The Bertz CT molecular complexity index is 1240. The van der Waals surface area contributed by atoms with Gasteiger partial charge in [-0.2, -0.15) is 0 Å². The van der Waals surface area contributed by atoms with E-state index in [1.807, 2.05) is 36.9 Å². The largest absolute Gasteiger partial charge is 0.449 e. The first kappa shape index (κ1) is 19.3.